The predicted molar refractivity (Wildman–Crippen MR) is 331 cm³/mol. The molecule has 11 N–H and O–H groups in total. The molecular formula is C63H109N9O10. The van der Waals surface area contributed by atoms with E-state index in [0.717, 1.165) is 74.3 Å². The summed E-state index contributed by atoms with van der Waals surface area (Å²) >= 11 is 0. The molecule has 10 atom stereocenters. The van der Waals surface area contributed by atoms with E-state index >= 15 is 0 Å². The zero-order valence-electron chi connectivity index (χ0n) is 52.3. The molecule has 19 nitrogen and oxygen atoms in total. The predicted octanol–water partition coefficient (Wildman–Crippen LogP) is 7.48. The van der Waals surface area contributed by atoms with Crippen molar-refractivity contribution in [3.63, 3.8) is 0 Å². The van der Waals surface area contributed by atoms with E-state index in [1.54, 1.807) is 45.0 Å². The third-order valence-electron chi connectivity index (χ3n) is 13.6. The number of nitrogens with zero attached hydrogens (tertiary/aromatic N) is 2. The second kappa shape index (κ2) is 48.8. The Morgan fingerprint density at radius 2 is 1.38 bits per heavy atom. The first-order chi connectivity index (χ1) is 39.2. The lowest BCUT2D eigenvalue weighted by Crippen LogP contribution is -2.50. The summed E-state index contributed by atoms with van der Waals surface area (Å²) < 4.78 is 11.1. The number of aldehydes is 1. The first-order valence-electron chi connectivity index (χ1n) is 29.2. The smallest absolute Gasteiger partial charge is 0.246 e. The van der Waals surface area contributed by atoms with Gasteiger partial charge in [-0.15, -0.1) is 0 Å². The van der Waals surface area contributed by atoms with Crippen LogP contribution in [0.3, 0.4) is 0 Å². The molecule has 82 heavy (non-hydrogen) atoms. The SMILES string of the molecule is CC(C)CCC=O.CCC.CCC(C)C(C(CC)OC)N(C)C.CNOCc1ccc(NC(=O)[C@H](CCCCN)NC(=O)C(N)Cc2ccccc2)cc1.COC(C(C)C(=O)NC(C)C(O)c1ccccc1)C1CCCN1C=O.NC=O. The quantitative estimate of drug-likeness (QED) is 0.0183. The number of benzene rings is 3. The number of unbranched alkanes of at least 4 members (excludes halogenated alkanes) is 1. The van der Waals surface area contributed by atoms with Gasteiger partial charge in [0.1, 0.15) is 12.3 Å². The van der Waals surface area contributed by atoms with Gasteiger partial charge in [0.15, 0.2) is 0 Å². The molecule has 0 bridgehead atoms. The average molecular weight is 1150 g/mol. The van der Waals surface area contributed by atoms with E-state index < -0.39 is 30.1 Å². The summed E-state index contributed by atoms with van der Waals surface area (Å²) in [5, 5.41) is 19.0. The monoisotopic (exact) mass is 1150 g/mol. The molecule has 19 heteroatoms. The van der Waals surface area contributed by atoms with Crippen molar-refractivity contribution in [3.05, 3.63) is 102 Å². The van der Waals surface area contributed by atoms with E-state index in [1.165, 1.54) is 12.8 Å². The fourth-order valence-corrected chi connectivity index (χ4v) is 8.98. The molecule has 9 unspecified atom stereocenters. The summed E-state index contributed by atoms with van der Waals surface area (Å²) in [5.74, 6) is 0.117. The summed E-state index contributed by atoms with van der Waals surface area (Å²) in [5.41, 5.74) is 21.8. The molecule has 3 aromatic rings. The van der Waals surface area contributed by atoms with Gasteiger partial charge in [-0.1, -0.05) is 141 Å². The average Bonchev–Trinajstić information content (AvgIpc) is 3.95. The molecule has 1 fully saturated rings. The van der Waals surface area contributed by atoms with Crippen molar-refractivity contribution in [1.29, 1.82) is 0 Å². The number of hydroxylamine groups is 1. The zero-order chi connectivity index (χ0) is 62.4. The highest BCUT2D eigenvalue weighted by Gasteiger charge is 2.38. The van der Waals surface area contributed by atoms with Crippen LogP contribution in [0.5, 0.6) is 0 Å². The fourth-order valence-electron chi connectivity index (χ4n) is 8.98. The number of aliphatic hydroxyl groups excluding tert-OH is 1. The Morgan fingerprint density at radius 1 is 0.793 bits per heavy atom. The number of carbonyl (C=O) groups is 6. The molecule has 466 valence electrons. The largest absolute Gasteiger partial charge is 0.386 e. The fraction of sp³-hybridized carbons (Fsp3) is 0.619. The maximum absolute atomic E-state index is 12.8. The van der Waals surface area contributed by atoms with E-state index in [4.69, 9.17) is 30.6 Å². The van der Waals surface area contributed by atoms with E-state index in [0.29, 0.717) is 62.2 Å². The highest BCUT2D eigenvalue weighted by molar-refractivity contribution is 5.97. The van der Waals surface area contributed by atoms with Crippen molar-refractivity contribution in [2.24, 2.45) is 35.0 Å². The van der Waals surface area contributed by atoms with Crippen molar-refractivity contribution in [2.45, 2.75) is 188 Å². The molecule has 5 amide bonds. The van der Waals surface area contributed by atoms with E-state index in [2.05, 4.69) is 94.6 Å². The Hall–Kier alpha value is -5.64. The Bertz CT molecular complexity index is 2070. The van der Waals surface area contributed by atoms with Crippen molar-refractivity contribution >= 4 is 42.5 Å². The third kappa shape index (κ3) is 33.5. The van der Waals surface area contributed by atoms with E-state index in [1.807, 2.05) is 79.9 Å². The molecular weight excluding hydrogens is 1040 g/mol. The number of aliphatic hydroxyl groups is 1. The zero-order valence-corrected chi connectivity index (χ0v) is 52.3. The van der Waals surface area contributed by atoms with Gasteiger partial charge in [0, 0.05) is 46.0 Å². The lowest BCUT2D eigenvalue weighted by atomic mass is 9.92. The number of nitrogens with one attached hydrogen (secondary N) is 4. The molecule has 4 rings (SSSR count). The second-order valence-corrected chi connectivity index (χ2v) is 21.0. The summed E-state index contributed by atoms with van der Waals surface area (Å²) in [6, 6.07) is 24.7. The molecule has 1 aliphatic heterocycles. The molecule has 0 saturated carbocycles. The van der Waals surface area contributed by atoms with Crippen LogP contribution in [-0.2, 0) is 56.1 Å². The van der Waals surface area contributed by atoms with Crippen LogP contribution in [0.2, 0.25) is 0 Å². The topological polar surface area (TPSA) is 283 Å². The molecule has 0 aliphatic carbocycles. The number of hydrogen-bond acceptors (Lipinski definition) is 14. The maximum Gasteiger partial charge on any atom is 0.246 e. The molecule has 1 aliphatic rings. The molecule has 0 aromatic heterocycles. The van der Waals surface area contributed by atoms with Gasteiger partial charge in [0.05, 0.1) is 49.0 Å². The van der Waals surface area contributed by atoms with Crippen molar-refractivity contribution < 1.29 is 48.2 Å². The van der Waals surface area contributed by atoms with Crippen LogP contribution < -0.4 is 38.6 Å². The molecule has 1 heterocycles. The first kappa shape index (κ1) is 78.4. The normalized spacial score (nSPS) is 15.7. The van der Waals surface area contributed by atoms with Crippen LogP contribution >= 0.6 is 0 Å². The minimum Gasteiger partial charge on any atom is -0.386 e. The molecule has 0 spiro atoms. The van der Waals surface area contributed by atoms with Crippen LogP contribution in [-0.4, -0.2) is 143 Å². The van der Waals surface area contributed by atoms with Crippen molar-refractivity contribution in [1.82, 2.24) is 25.9 Å². The Kier molecular flexibility index (Phi) is 46.7. The Morgan fingerprint density at radius 3 is 1.84 bits per heavy atom. The lowest BCUT2D eigenvalue weighted by Gasteiger charge is -2.35. The van der Waals surface area contributed by atoms with Gasteiger partial charge in [0.2, 0.25) is 30.5 Å². The summed E-state index contributed by atoms with van der Waals surface area (Å²) in [7, 11) is 9.35. The van der Waals surface area contributed by atoms with E-state index in [9.17, 15) is 29.1 Å². The minimum absolute atomic E-state index is 0.0856. The standard InChI is InChI=1S/C23H33N5O3.C19H28N2O4.C11H25NO.C6H12O.C3H8.CH3NO/c1-26-31-16-18-10-12-19(13-11-18)27-23(30)21(9-5-6-14-24)28-22(29)20(25)15-17-7-3-2-4-8-17;1-13(18(25-3)16-10-7-11-21(16)12-22)19(24)20-14(2)17(23)15-8-5-4-6-9-15;1-7-9(3)11(12(4)5)10(8-2)13-6;1-6(2)4-3-5-7;1-3-2;2-1-3/h2-4,7-8,10-13,20-21,26H,5-6,9,14-16,24-25H2,1H3,(H,27,30)(H,28,29);4-6,8-9,12-14,16-18,23H,7,10-11H2,1-3H3,(H,20,24);9-11H,7-8H2,1-6H3;5-6H,3-4H2,1-2H3;3H2,1-2H3;1H,(H2,2,3)/t20?,21-;;;;;/m0...../s1. The third-order valence-corrected chi connectivity index (χ3v) is 13.6. The van der Waals surface area contributed by atoms with E-state index in [-0.39, 0.29) is 36.3 Å². The number of rotatable bonds is 30. The van der Waals surface area contributed by atoms with Gasteiger partial charge in [-0.05, 0) is 120 Å². The first-order valence-corrected chi connectivity index (χ1v) is 29.2. The minimum atomic E-state index is -0.781. The van der Waals surface area contributed by atoms with Gasteiger partial charge < -0.3 is 62.3 Å². The number of likely N-dealkylation sites (N-methyl/N-ethyl adjacent to an activating group) is 1. The number of anilines is 1. The number of hydrogen-bond donors (Lipinski definition) is 8. The van der Waals surface area contributed by atoms with Crippen LogP contribution in [0.1, 0.15) is 149 Å². The van der Waals surface area contributed by atoms with Crippen LogP contribution in [0.4, 0.5) is 5.69 Å². The Balaban J connectivity index is 0. The van der Waals surface area contributed by atoms with Gasteiger partial charge in [-0.2, -0.15) is 0 Å². The number of nitrogens with two attached hydrogens (primary N) is 3. The van der Waals surface area contributed by atoms with Crippen LogP contribution in [0, 0.1) is 17.8 Å². The molecule has 3 aromatic carbocycles. The number of methoxy groups -OCH3 is 2. The Labute approximate surface area is 493 Å². The molecule has 0 radical (unpaired) electrons. The maximum atomic E-state index is 12.8. The summed E-state index contributed by atoms with van der Waals surface area (Å²) in [6.45, 7) is 20.4. The number of amides is 5. The number of carbonyl (C=O) groups excluding carboxylic acids is 6. The lowest BCUT2D eigenvalue weighted by molar-refractivity contribution is -0.134. The van der Waals surface area contributed by atoms with Gasteiger partial charge >= 0.3 is 0 Å². The highest BCUT2D eigenvalue weighted by atomic mass is 16.6. The number of primary amides is 1. The highest BCUT2D eigenvalue weighted by Crippen LogP contribution is 2.26. The summed E-state index contributed by atoms with van der Waals surface area (Å²) in [6.07, 6.45) is 10.7. The van der Waals surface area contributed by atoms with Crippen LogP contribution in [0.15, 0.2) is 84.9 Å². The van der Waals surface area contributed by atoms with Crippen molar-refractivity contribution in [3.8, 4) is 0 Å². The van der Waals surface area contributed by atoms with Gasteiger partial charge in [-0.3, -0.25) is 28.8 Å². The van der Waals surface area contributed by atoms with Crippen LogP contribution in [0.25, 0.3) is 0 Å². The van der Waals surface area contributed by atoms with Gasteiger partial charge in [-0.25, -0.2) is 5.48 Å². The van der Waals surface area contributed by atoms with Gasteiger partial charge in [0.25, 0.3) is 0 Å². The number of likely N-dealkylation sites (tertiary alicyclic amines) is 1. The van der Waals surface area contributed by atoms with Crippen molar-refractivity contribution in [2.75, 3.05) is 53.8 Å². The molecule has 1 saturated heterocycles. The second-order valence-electron chi connectivity index (χ2n) is 21.0. The summed E-state index contributed by atoms with van der Waals surface area (Å²) in [4.78, 5) is 76.7. The number of ether oxygens (including phenoxy) is 2.